The highest BCUT2D eigenvalue weighted by molar-refractivity contribution is 5.75. The van der Waals surface area contributed by atoms with E-state index in [0.717, 1.165) is 12.8 Å². The largest absolute Gasteiger partial charge is 0.481 e. The van der Waals surface area contributed by atoms with E-state index in [1.165, 1.54) is 0 Å². The summed E-state index contributed by atoms with van der Waals surface area (Å²) in [7, 11) is 1.77. The number of unbranched alkanes of at least 4 members (excludes halogenated alkanes) is 1. The third-order valence-electron chi connectivity index (χ3n) is 3.20. The second kappa shape index (κ2) is 6.59. The van der Waals surface area contributed by atoms with Gasteiger partial charge in [-0.2, -0.15) is 0 Å². The van der Waals surface area contributed by atoms with E-state index in [4.69, 9.17) is 10.2 Å². The van der Waals surface area contributed by atoms with Crippen molar-refractivity contribution in [2.24, 2.45) is 5.92 Å². The van der Waals surface area contributed by atoms with Crippen LogP contribution >= 0.6 is 0 Å². The predicted molar refractivity (Wildman–Crippen MR) is 62.5 cm³/mol. The van der Waals surface area contributed by atoms with E-state index in [1.807, 2.05) is 0 Å². The van der Waals surface area contributed by atoms with E-state index in [2.05, 4.69) is 0 Å². The number of hydrogen-bond donors (Lipinski definition) is 2. The van der Waals surface area contributed by atoms with Gasteiger partial charge in [-0.3, -0.25) is 9.59 Å². The zero-order valence-corrected chi connectivity index (χ0v) is 10.3. The van der Waals surface area contributed by atoms with Crippen LogP contribution in [0.5, 0.6) is 0 Å². The van der Waals surface area contributed by atoms with E-state index in [1.54, 1.807) is 11.9 Å². The highest BCUT2D eigenvalue weighted by atomic mass is 16.4. The SMILES string of the molecule is CN(CC1CC(O)C1)C(=O)CCCCC(=O)O. The molecular formula is C12H21NO4. The molecule has 0 heterocycles. The summed E-state index contributed by atoms with van der Waals surface area (Å²) in [4.78, 5) is 23.6. The van der Waals surface area contributed by atoms with Gasteiger partial charge in [-0.25, -0.2) is 0 Å². The molecule has 5 heteroatoms. The van der Waals surface area contributed by atoms with E-state index in [-0.39, 0.29) is 18.4 Å². The molecule has 1 fully saturated rings. The van der Waals surface area contributed by atoms with E-state index >= 15 is 0 Å². The summed E-state index contributed by atoms with van der Waals surface area (Å²) in [5.41, 5.74) is 0. The topological polar surface area (TPSA) is 77.8 Å². The Morgan fingerprint density at radius 3 is 2.35 bits per heavy atom. The van der Waals surface area contributed by atoms with Crippen molar-refractivity contribution in [1.82, 2.24) is 4.90 Å². The number of aliphatic hydroxyl groups excluding tert-OH is 1. The van der Waals surface area contributed by atoms with Crippen molar-refractivity contribution in [2.75, 3.05) is 13.6 Å². The molecule has 0 aromatic rings. The van der Waals surface area contributed by atoms with Crippen LogP contribution in [0.3, 0.4) is 0 Å². The minimum atomic E-state index is -0.811. The molecule has 0 saturated heterocycles. The third-order valence-corrected chi connectivity index (χ3v) is 3.20. The van der Waals surface area contributed by atoms with Gasteiger partial charge in [-0.05, 0) is 31.6 Å². The third kappa shape index (κ3) is 5.17. The molecule has 1 aliphatic carbocycles. The zero-order chi connectivity index (χ0) is 12.8. The van der Waals surface area contributed by atoms with Gasteiger partial charge in [0.1, 0.15) is 0 Å². The fourth-order valence-corrected chi connectivity index (χ4v) is 2.08. The Morgan fingerprint density at radius 1 is 1.24 bits per heavy atom. The lowest BCUT2D eigenvalue weighted by Gasteiger charge is -2.34. The highest BCUT2D eigenvalue weighted by Gasteiger charge is 2.28. The van der Waals surface area contributed by atoms with Gasteiger partial charge in [0.2, 0.25) is 5.91 Å². The van der Waals surface area contributed by atoms with Crippen LogP contribution in [-0.2, 0) is 9.59 Å². The number of amides is 1. The number of aliphatic carboxylic acids is 1. The second-order valence-electron chi connectivity index (χ2n) is 4.87. The normalized spacial score (nSPS) is 22.9. The van der Waals surface area contributed by atoms with E-state index in [9.17, 15) is 9.59 Å². The smallest absolute Gasteiger partial charge is 0.303 e. The zero-order valence-electron chi connectivity index (χ0n) is 10.3. The number of nitrogens with zero attached hydrogens (tertiary/aromatic N) is 1. The Morgan fingerprint density at radius 2 is 1.82 bits per heavy atom. The van der Waals surface area contributed by atoms with Crippen LogP contribution in [0.4, 0.5) is 0 Å². The van der Waals surface area contributed by atoms with Gasteiger partial charge in [0.05, 0.1) is 6.10 Å². The van der Waals surface area contributed by atoms with Crippen LogP contribution in [-0.4, -0.2) is 46.7 Å². The number of carboxylic acid groups (broad SMARTS) is 1. The first kappa shape index (κ1) is 14.0. The monoisotopic (exact) mass is 243 g/mol. The summed E-state index contributed by atoms with van der Waals surface area (Å²) in [6.07, 6.45) is 3.12. The summed E-state index contributed by atoms with van der Waals surface area (Å²) >= 11 is 0. The van der Waals surface area contributed by atoms with Gasteiger partial charge >= 0.3 is 5.97 Å². The fraction of sp³-hybridized carbons (Fsp3) is 0.833. The fourth-order valence-electron chi connectivity index (χ4n) is 2.08. The summed E-state index contributed by atoms with van der Waals surface area (Å²) in [5.74, 6) is -0.316. The summed E-state index contributed by atoms with van der Waals surface area (Å²) in [5, 5.41) is 17.6. The van der Waals surface area contributed by atoms with Crippen LogP contribution < -0.4 is 0 Å². The van der Waals surface area contributed by atoms with Crippen LogP contribution in [0, 0.1) is 5.92 Å². The van der Waals surface area contributed by atoms with Crippen molar-refractivity contribution in [3.8, 4) is 0 Å². The van der Waals surface area contributed by atoms with Crippen LogP contribution in [0.2, 0.25) is 0 Å². The molecule has 98 valence electrons. The first-order chi connectivity index (χ1) is 7.99. The highest BCUT2D eigenvalue weighted by Crippen LogP contribution is 2.27. The molecule has 1 saturated carbocycles. The maximum atomic E-state index is 11.7. The minimum Gasteiger partial charge on any atom is -0.481 e. The van der Waals surface area contributed by atoms with Crippen molar-refractivity contribution in [3.05, 3.63) is 0 Å². The predicted octanol–water partition coefficient (Wildman–Crippen LogP) is 0.861. The molecular weight excluding hydrogens is 222 g/mol. The molecule has 1 amide bonds. The van der Waals surface area contributed by atoms with Gasteiger partial charge in [0, 0.05) is 26.4 Å². The molecule has 2 N–H and O–H groups in total. The van der Waals surface area contributed by atoms with Crippen molar-refractivity contribution in [1.29, 1.82) is 0 Å². The Hall–Kier alpha value is -1.10. The average molecular weight is 243 g/mol. The van der Waals surface area contributed by atoms with Crippen molar-refractivity contribution in [3.63, 3.8) is 0 Å². The van der Waals surface area contributed by atoms with Gasteiger partial charge in [-0.1, -0.05) is 0 Å². The molecule has 17 heavy (non-hydrogen) atoms. The number of carbonyl (C=O) groups is 2. The lowest BCUT2D eigenvalue weighted by Crippen LogP contribution is -2.39. The van der Waals surface area contributed by atoms with Gasteiger partial charge in [0.25, 0.3) is 0 Å². The number of carboxylic acids is 1. The van der Waals surface area contributed by atoms with Crippen LogP contribution in [0.1, 0.15) is 38.5 Å². The Bertz CT molecular complexity index is 274. The lowest BCUT2D eigenvalue weighted by molar-refractivity contribution is -0.137. The molecule has 0 aromatic heterocycles. The molecule has 0 atom stereocenters. The first-order valence-corrected chi connectivity index (χ1v) is 6.13. The van der Waals surface area contributed by atoms with Crippen molar-refractivity contribution in [2.45, 2.75) is 44.6 Å². The molecule has 0 aromatic carbocycles. The first-order valence-electron chi connectivity index (χ1n) is 6.13. The molecule has 0 spiro atoms. The quantitative estimate of drug-likeness (QED) is 0.650. The summed E-state index contributed by atoms with van der Waals surface area (Å²) in [6.45, 7) is 0.703. The molecule has 0 unspecified atom stereocenters. The number of aliphatic hydroxyl groups is 1. The molecule has 1 rings (SSSR count). The minimum absolute atomic E-state index is 0.0665. The second-order valence-corrected chi connectivity index (χ2v) is 4.87. The Kier molecular flexibility index (Phi) is 5.41. The summed E-state index contributed by atoms with van der Waals surface area (Å²) < 4.78 is 0. The molecule has 1 aliphatic rings. The maximum Gasteiger partial charge on any atom is 0.303 e. The number of carbonyl (C=O) groups excluding carboxylic acids is 1. The van der Waals surface area contributed by atoms with Crippen LogP contribution in [0.25, 0.3) is 0 Å². The molecule has 0 radical (unpaired) electrons. The van der Waals surface area contributed by atoms with E-state index < -0.39 is 5.97 Å². The van der Waals surface area contributed by atoms with Crippen LogP contribution in [0.15, 0.2) is 0 Å². The molecule has 0 aliphatic heterocycles. The standard InChI is InChI=1S/C12H21NO4/c1-13(8-9-6-10(14)7-9)11(15)4-2-3-5-12(16)17/h9-10,14H,2-8H2,1H3,(H,16,17). The van der Waals surface area contributed by atoms with Crippen molar-refractivity contribution >= 4 is 11.9 Å². The average Bonchev–Trinajstić information content (AvgIpc) is 2.21. The van der Waals surface area contributed by atoms with Gasteiger partial charge in [0.15, 0.2) is 0 Å². The van der Waals surface area contributed by atoms with Crippen molar-refractivity contribution < 1.29 is 19.8 Å². The Labute approximate surface area is 101 Å². The number of rotatable bonds is 7. The summed E-state index contributed by atoms with van der Waals surface area (Å²) in [6, 6.07) is 0. The molecule has 0 bridgehead atoms. The van der Waals surface area contributed by atoms with E-state index in [0.29, 0.717) is 31.7 Å². The van der Waals surface area contributed by atoms with Gasteiger partial charge < -0.3 is 15.1 Å². The van der Waals surface area contributed by atoms with Gasteiger partial charge in [-0.15, -0.1) is 0 Å². The Balaban J connectivity index is 2.07. The molecule has 5 nitrogen and oxygen atoms in total. The maximum absolute atomic E-state index is 11.7. The lowest BCUT2D eigenvalue weighted by atomic mass is 9.82. The number of hydrogen-bond acceptors (Lipinski definition) is 3.